The summed E-state index contributed by atoms with van der Waals surface area (Å²) in [5.74, 6) is -0.385. The maximum atomic E-state index is 14.0. The molecule has 1 aromatic heterocycles. The number of rotatable bonds is 8. The van der Waals surface area contributed by atoms with Crippen LogP contribution in [0.2, 0.25) is 0 Å². The van der Waals surface area contributed by atoms with Crippen molar-refractivity contribution >= 4 is 40.2 Å². The first-order valence-corrected chi connectivity index (χ1v) is 15.5. The van der Waals surface area contributed by atoms with Gasteiger partial charge in [0.1, 0.15) is 11.5 Å². The Balaban J connectivity index is 1.36. The van der Waals surface area contributed by atoms with Crippen molar-refractivity contribution in [3.63, 3.8) is 0 Å². The number of nitrogens with zero attached hydrogens (tertiary/aromatic N) is 2. The Labute approximate surface area is 240 Å². The van der Waals surface area contributed by atoms with Gasteiger partial charge in [-0.05, 0) is 87.3 Å². The molecular formula is C32H40N2O5S. The molecule has 1 heterocycles. The van der Waals surface area contributed by atoms with Gasteiger partial charge in [-0.3, -0.25) is 4.79 Å². The van der Waals surface area contributed by atoms with E-state index in [9.17, 15) is 19.8 Å². The van der Waals surface area contributed by atoms with E-state index < -0.39 is 5.97 Å². The van der Waals surface area contributed by atoms with Crippen LogP contribution in [0.4, 0.5) is 5.69 Å². The number of carbonyl (C=O) groups is 2. The van der Waals surface area contributed by atoms with Crippen molar-refractivity contribution in [3.8, 4) is 0 Å². The molecule has 1 aromatic carbocycles. The third-order valence-electron chi connectivity index (χ3n) is 8.65. The number of aromatic carboxylic acids is 1. The van der Waals surface area contributed by atoms with Gasteiger partial charge in [-0.25, -0.2) is 4.79 Å². The van der Waals surface area contributed by atoms with Gasteiger partial charge in [0.05, 0.1) is 17.5 Å². The van der Waals surface area contributed by atoms with Crippen molar-refractivity contribution in [2.24, 2.45) is 17.0 Å². The standard InChI is InChI=1S/C32H40N2O5S/c1-21-7-9-24(10-8-21)31(36)34(26-15-17-27(35)18-16-26)28-19-29(40-30(28)32(37)38)23-11-13-25(14-12-23)33-39-20-22-5-3-2-4-6-22/h2-6,11,19,21,24,26-27,35H,7-10,12-18,20H2,1H3,(H,37,38). The molecule has 0 unspecified atom stereocenters. The second-order valence-corrected chi connectivity index (χ2v) is 12.7. The fourth-order valence-electron chi connectivity index (χ4n) is 6.19. The number of carbonyl (C=O) groups excluding carboxylic acids is 1. The Morgan fingerprint density at radius 1 is 1.02 bits per heavy atom. The number of anilines is 1. The smallest absolute Gasteiger partial charge is 0.348 e. The zero-order valence-electron chi connectivity index (χ0n) is 23.3. The van der Waals surface area contributed by atoms with E-state index in [0.29, 0.717) is 50.3 Å². The molecule has 0 saturated heterocycles. The van der Waals surface area contributed by atoms with Crippen LogP contribution in [0.5, 0.6) is 0 Å². The number of benzene rings is 1. The molecule has 0 spiro atoms. The summed E-state index contributed by atoms with van der Waals surface area (Å²) in [5.41, 5.74) is 3.67. The molecule has 2 fully saturated rings. The van der Waals surface area contributed by atoms with Gasteiger partial charge >= 0.3 is 5.97 Å². The lowest BCUT2D eigenvalue weighted by Gasteiger charge is -2.38. The minimum Gasteiger partial charge on any atom is -0.477 e. The summed E-state index contributed by atoms with van der Waals surface area (Å²) in [6, 6.07) is 11.8. The average Bonchev–Trinajstić information content (AvgIpc) is 3.41. The molecule has 40 heavy (non-hydrogen) atoms. The van der Waals surface area contributed by atoms with Gasteiger partial charge in [-0.15, -0.1) is 11.3 Å². The quantitative estimate of drug-likeness (QED) is 0.335. The van der Waals surface area contributed by atoms with E-state index in [1.165, 1.54) is 11.3 Å². The predicted octanol–water partition coefficient (Wildman–Crippen LogP) is 7.05. The van der Waals surface area contributed by atoms with E-state index in [2.05, 4.69) is 18.2 Å². The number of allylic oxidation sites excluding steroid dienone is 2. The summed E-state index contributed by atoms with van der Waals surface area (Å²) >= 11 is 1.27. The highest BCUT2D eigenvalue weighted by Gasteiger charge is 2.37. The van der Waals surface area contributed by atoms with Gasteiger partial charge < -0.3 is 20.0 Å². The van der Waals surface area contributed by atoms with Crippen LogP contribution >= 0.6 is 11.3 Å². The number of carboxylic acids is 1. The number of amides is 1. The number of hydrogen-bond donors (Lipinski definition) is 2. The SMILES string of the molecule is CC1CCC(C(=O)N(c2cc(C3=CCC(=NOCc4ccccc4)CC3)sc2C(=O)O)C2CCC(O)CC2)CC1. The van der Waals surface area contributed by atoms with E-state index in [0.717, 1.165) is 60.3 Å². The predicted molar refractivity (Wildman–Crippen MR) is 159 cm³/mol. The maximum Gasteiger partial charge on any atom is 0.348 e. The molecule has 0 atom stereocenters. The number of carboxylic acid groups (broad SMARTS) is 1. The van der Waals surface area contributed by atoms with Crippen LogP contribution in [-0.4, -0.2) is 39.9 Å². The topological polar surface area (TPSA) is 99.4 Å². The van der Waals surface area contributed by atoms with E-state index in [1.807, 2.05) is 41.3 Å². The molecule has 0 aliphatic heterocycles. The first-order chi connectivity index (χ1) is 19.4. The molecule has 214 valence electrons. The molecule has 3 aliphatic carbocycles. The monoisotopic (exact) mass is 564 g/mol. The molecule has 8 heteroatoms. The van der Waals surface area contributed by atoms with E-state index in [-0.39, 0.29) is 28.8 Å². The molecule has 2 N–H and O–H groups in total. The third kappa shape index (κ3) is 6.84. The number of oxime groups is 1. The van der Waals surface area contributed by atoms with E-state index >= 15 is 0 Å². The lowest BCUT2D eigenvalue weighted by atomic mass is 9.81. The van der Waals surface area contributed by atoms with E-state index in [4.69, 9.17) is 4.84 Å². The van der Waals surface area contributed by atoms with Crippen molar-refractivity contribution in [1.82, 2.24) is 0 Å². The molecule has 1 amide bonds. The largest absolute Gasteiger partial charge is 0.477 e. The fourth-order valence-corrected chi connectivity index (χ4v) is 7.25. The van der Waals surface area contributed by atoms with Gasteiger partial charge in [-0.2, -0.15) is 0 Å². The highest BCUT2D eigenvalue weighted by molar-refractivity contribution is 7.15. The highest BCUT2D eigenvalue weighted by Crippen LogP contribution is 2.42. The number of hydrogen-bond acceptors (Lipinski definition) is 6. The van der Waals surface area contributed by atoms with Crippen LogP contribution < -0.4 is 4.90 Å². The zero-order chi connectivity index (χ0) is 28.1. The van der Waals surface area contributed by atoms with Gasteiger partial charge in [0, 0.05) is 23.3 Å². The third-order valence-corrected chi connectivity index (χ3v) is 9.84. The minimum absolute atomic E-state index is 0.0581. The van der Waals surface area contributed by atoms with E-state index in [1.54, 1.807) is 0 Å². The lowest BCUT2D eigenvalue weighted by molar-refractivity contribution is -0.124. The first kappa shape index (κ1) is 28.6. The molecule has 5 rings (SSSR count). The Bertz CT molecular complexity index is 1240. The molecule has 2 saturated carbocycles. The summed E-state index contributed by atoms with van der Waals surface area (Å²) < 4.78 is 0. The molecule has 3 aliphatic rings. The van der Waals surface area contributed by atoms with Gasteiger partial charge in [0.25, 0.3) is 0 Å². The Morgan fingerprint density at radius 3 is 2.40 bits per heavy atom. The van der Waals surface area contributed by atoms with Crippen LogP contribution in [0.3, 0.4) is 0 Å². The number of thiophene rings is 1. The summed E-state index contributed by atoms with van der Waals surface area (Å²) in [6.45, 7) is 2.66. The van der Waals surface area contributed by atoms with Crippen LogP contribution in [0.25, 0.3) is 5.57 Å². The minimum atomic E-state index is -0.995. The average molecular weight is 565 g/mol. The van der Waals surface area contributed by atoms with Crippen molar-refractivity contribution in [1.29, 1.82) is 0 Å². The van der Waals surface area contributed by atoms with Crippen molar-refractivity contribution in [2.75, 3.05) is 4.90 Å². The van der Waals surface area contributed by atoms with Crippen LogP contribution in [0.1, 0.15) is 97.7 Å². The lowest BCUT2D eigenvalue weighted by Crippen LogP contribution is -2.47. The van der Waals surface area contributed by atoms with Crippen LogP contribution in [0, 0.1) is 11.8 Å². The normalized spacial score (nSPS) is 26.2. The van der Waals surface area contributed by atoms with Crippen LogP contribution in [-0.2, 0) is 16.2 Å². The highest BCUT2D eigenvalue weighted by atomic mass is 32.1. The van der Waals surface area contributed by atoms with Crippen molar-refractivity contribution in [2.45, 2.75) is 96.3 Å². The maximum absolute atomic E-state index is 14.0. The summed E-state index contributed by atoms with van der Waals surface area (Å²) in [4.78, 5) is 35.0. The Kier molecular flexibility index (Phi) is 9.37. The van der Waals surface area contributed by atoms with Crippen LogP contribution in [0.15, 0.2) is 47.6 Å². The van der Waals surface area contributed by atoms with Gasteiger partial charge in [-0.1, -0.05) is 48.5 Å². The van der Waals surface area contributed by atoms with Gasteiger partial charge in [0.15, 0.2) is 0 Å². The summed E-state index contributed by atoms with van der Waals surface area (Å²) in [7, 11) is 0. The molecule has 0 bridgehead atoms. The second-order valence-electron chi connectivity index (χ2n) is 11.6. The molecule has 0 radical (unpaired) electrons. The molecular weight excluding hydrogens is 524 g/mol. The zero-order valence-corrected chi connectivity index (χ0v) is 24.1. The number of aliphatic hydroxyl groups is 1. The summed E-state index contributed by atoms with van der Waals surface area (Å²) in [6.07, 6.45) is 10.3. The molecule has 7 nitrogen and oxygen atoms in total. The first-order valence-electron chi connectivity index (χ1n) is 14.7. The summed E-state index contributed by atoms with van der Waals surface area (Å²) in [5, 5.41) is 24.7. The fraction of sp³-hybridized carbons (Fsp3) is 0.531. The van der Waals surface area contributed by atoms with Crippen molar-refractivity contribution < 1.29 is 24.6 Å². The second kappa shape index (κ2) is 13.1. The van der Waals surface area contributed by atoms with Gasteiger partial charge in [0.2, 0.25) is 5.91 Å². The molecule has 2 aromatic rings. The Hall–Kier alpha value is -2.97. The Morgan fingerprint density at radius 2 is 1.75 bits per heavy atom. The number of aliphatic hydroxyl groups excluding tert-OH is 1. The van der Waals surface area contributed by atoms with Crippen molar-refractivity contribution in [3.05, 3.63) is 57.8 Å².